The molecule has 0 aliphatic carbocycles. The second-order valence-electron chi connectivity index (χ2n) is 6.69. The highest BCUT2D eigenvalue weighted by Crippen LogP contribution is 2.27. The van der Waals surface area contributed by atoms with E-state index in [4.69, 9.17) is 11.6 Å². The quantitative estimate of drug-likeness (QED) is 0.311. The van der Waals surface area contributed by atoms with Gasteiger partial charge in [0, 0.05) is 14.0 Å². The molecule has 1 atom stereocenters. The SMILES string of the molecule is O=C(NC(C(=O)O)c1ccc(Cl)s1)c1ccc(-n2c(=O)[nH]c3ccc(I)cc3c2=O)cc1. The van der Waals surface area contributed by atoms with E-state index in [0.29, 0.717) is 20.1 Å². The van der Waals surface area contributed by atoms with Gasteiger partial charge in [0.25, 0.3) is 11.5 Å². The van der Waals surface area contributed by atoms with Gasteiger partial charge in [-0.15, -0.1) is 11.3 Å². The number of carboxylic acid groups (broad SMARTS) is 1. The van der Waals surface area contributed by atoms with E-state index in [1.807, 2.05) is 0 Å². The van der Waals surface area contributed by atoms with E-state index < -0.39 is 29.2 Å². The summed E-state index contributed by atoms with van der Waals surface area (Å²) >= 11 is 9.00. The first-order valence-electron chi connectivity index (χ1n) is 9.08. The summed E-state index contributed by atoms with van der Waals surface area (Å²) < 4.78 is 2.23. The Morgan fingerprint density at radius 1 is 1.09 bits per heavy atom. The van der Waals surface area contributed by atoms with Gasteiger partial charge in [-0.3, -0.25) is 9.59 Å². The van der Waals surface area contributed by atoms with E-state index in [2.05, 4.69) is 32.9 Å². The van der Waals surface area contributed by atoms with Gasteiger partial charge in [0.2, 0.25) is 0 Å². The normalized spacial score (nSPS) is 11.9. The summed E-state index contributed by atoms with van der Waals surface area (Å²) in [4.78, 5) is 52.6. The Hall–Kier alpha value is -2.96. The molecule has 0 radical (unpaired) electrons. The Bertz CT molecular complexity index is 1480. The highest BCUT2D eigenvalue weighted by atomic mass is 127. The fourth-order valence-corrected chi connectivity index (χ4v) is 4.73. The fourth-order valence-electron chi connectivity index (χ4n) is 3.14. The lowest BCUT2D eigenvalue weighted by molar-refractivity contribution is -0.139. The lowest BCUT2D eigenvalue weighted by Crippen LogP contribution is -2.34. The molecular weight excluding hydrogens is 569 g/mol. The zero-order chi connectivity index (χ0) is 23.0. The number of carboxylic acids is 1. The van der Waals surface area contributed by atoms with Gasteiger partial charge in [0.1, 0.15) is 0 Å². The largest absolute Gasteiger partial charge is 0.479 e. The third-order valence-electron chi connectivity index (χ3n) is 4.65. The number of benzene rings is 2. The van der Waals surface area contributed by atoms with Crippen molar-refractivity contribution < 1.29 is 14.7 Å². The Morgan fingerprint density at radius 2 is 1.81 bits per heavy atom. The van der Waals surface area contributed by atoms with Gasteiger partial charge in [-0.2, -0.15) is 0 Å². The Balaban J connectivity index is 1.65. The van der Waals surface area contributed by atoms with E-state index in [-0.39, 0.29) is 11.3 Å². The van der Waals surface area contributed by atoms with E-state index in [9.17, 15) is 24.3 Å². The molecule has 4 aromatic rings. The van der Waals surface area contributed by atoms with Crippen molar-refractivity contribution in [1.82, 2.24) is 14.9 Å². The third kappa shape index (κ3) is 4.33. The van der Waals surface area contributed by atoms with Crippen LogP contribution in [0.5, 0.6) is 0 Å². The van der Waals surface area contributed by atoms with Crippen LogP contribution in [0.2, 0.25) is 4.34 Å². The minimum atomic E-state index is -1.26. The standard InChI is InChI=1S/C21H13ClIN3O5S/c22-16-8-7-15(32-16)17(20(29)30)25-18(27)10-1-4-12(5-2-10)26-19(28)13-9-11(23)3-6-14(13)24-21(26)31/h1-9,17H,(H,24,31)(H,25,27)(H,29,30). The second-order valence-corrected chi connectivity index (χ2v) is 9.69. The average molecular weight is 582 g/mol. The van der Waals surface area contributed by atoms with Crippen LogP contribution in [0.4, 0.5) is 0 Å². The number of aromatic nitrogens is 2. The smallest absolute Gasteiger partial charge is 0.333 e. The average Bonchev–Trinajstić information content (AvgIpc) is 3.18. The van der Waals surface area contributed by atoms with Crippen LogP contribution in [0.1, 0.15) is 21.3 Å². The van der Waals surface area contributed by atoms with Gasteiger partial charge < -0.3 is 15.4 Å². The number of halogens is 2. The number of hydrogen-bond acceptors (Lipinski definition) is 5. The number of nitrogens with zero attached hydrogens (tertiary/aromatic N) is 1. The molecule has 4 rings (SSSR count). The predicted octanol–water partition coefficient (Wildman–Crippen LogP) is 3.55. The van der Waals surface area contributed by atoms with Gasteiger partial charge in [-0.05, 0) is 77.2 Å². The second kappa shape index (κ2) is 8.88. The summed E-state index contributed by atoms with van der Waals surface area (Å²) in [6, 6.07) is 12.7. The number of aromatic amines is 1. The van der Waals surface area contributed by atoms with Crippen molar-refractivity contribution in [3.8, 4) is 5.69 Å². The number of aliphatic carboxylic acids is 1. The van der Waals surface area contributed by atoms with E-state index in [1.165, 1.54) is 30.3 Å². The first kappa shape index (κ1) is 22.2. The number of thiophene rings is 1. The molecule has 1 unspecified atom stereocenters. The molecule has 0 bridgehead atoms. The van der Waals surface area contributed by atoms with Crippen LogP contribution in [0.15, 0.2) is 64.2 Å². The maximum Gasteiger partial charge on any atom is 0.333 e. The molecule has 0 fully saturated rings. The minimum Gasteiger partial charge on any atom is -0.479 e. The van der Waals surface area contributed by atoms with Crippen LogP contribution in [0.3, 0.4) is 0 Å². The van der Waals surface area contributed by atoms with Crippen molar-refractivity contribution in [3.05, 3.63) is 93.8 Å². The van der Waals surface area contributed by atoms with Crippen molar-refractivity contribution in [3.63, 3.8) is 0 Å². The van der Waals surface area contributed by atoms with Crippen LogP contribution >= 0.6 is 45.5 Å². The highest BCUT2D eigenvalue weighted by molar-refractivity contribution is 14.1. The van der Waals surface area contributed by atoms with Crippen LogP contribution < -0.4 is 16.6 Å². The fraction of sp³-hybridized carbons (Fsp3) is 0.0476. The van der Waals surface area contributed by atoms with Crippen LogP contribution in [0.25, 0.3) is 16.6 Å². The lowest BCUT2D eigenvalue weighted by atomic mass is 10.1. The number of carbonyl (C=O) groups excluding carboxylic acids is 1. The predicted molar refractivity (Wildman–Crippen MR) is 130 cm³/mol. The van der Waals surface area contributed by atoms with Gasteiger partial charge in [-0.25, -0.2) is 14.2 Å². The van der Waals surface area contributed by atoms with Crippen molar-refractivity contribution in [1.29, 1.82) is 0 Å². The Labute approximate surface area is 202 Å². The summed E-state index contributed by atoms with van der Waals surface area (Å²) in [5, 5.41) is 12.3. The summed E-state index contributed by atoms with van der Waals surface area (Å²) in [7, 11) is 0. The molecule has 0 saturated carbocycles. The maximum absolute atomic E-state index is 12.9. The number of amides is 1. The molecule has 1 amide bonds. The van der Waals surface area contributed by atoms with E-state index in [1.54, 1.807) is 24.3 Å². The van der Waals surface area contributed by atoms with Crippen molar-refractivity contribution >= 4 is 68.3 Å². The Kier molecular flexibility index (Phi) is 6.17. The van der Waals surface area contributed by atoms with Crippen molar-refractivity contribution in [2.75, 3.05) is 0 Å². The van der Waals surface area contributed by atoms with Crippen LogP contribution in [-0.2, 0) is 4.79 Å². The van der Waals surface area contributed by atoms with E-state index in [0.717, 1.165) is 19.5 Å². The molecule has 0 spiro atoms. The highest BCUT2D eigenvalue weighted by Gasteiger charge is 2.24. The molecule has 2 aromatic heterocycles. The Morgan fingerprint density at radius 3 is 2.44 bits per heavy atom. The minimum absolute atomic E-state index is 0.169. The summed E-state index contributed by atoms with van der Waals surface area (Å²) in [6.07, 6.45) is 0. The maximum atomic E-state index is 12.9. The summed E-state index contributed by atoms with van der Waals surface area (Å²) in [6.45, 7) is 0. The van der Waals surface area contributed by atoms with Crippen LogP contribution in [-0.4, -0.2) is 26.5 Å². The molecule has 162 valence electrons. The molecule has 32 heavy (non-hydrogen) atoms. The number of H-pyrrole nitrogens is 1. The molecule has 0 aliphatic heterocycles. The monoisotopic (exact) mass is 581 g/mol. The number of carbonyl (C=O) groups is 2. The van der Waals surface area contributed by atoms with Crippen molar-refractivity contribution in [2.45, 2.75) is 6.04 Å². The molecule has 2 aromatic carbocycles. The number of rotatable bonds is 5. The summed E-state index contributed by atoms with van der Waals surface area (Å²) in [5.74, 6) is -1.85. The van der Waals surface area contributed by atoms with Crippen molar-refractivity contribution in [2.24, 2.45) is 0 Å². The molecule has 0 aliphatic rings. The zero-order valence-corrected chi connectivity index (χ0v) is 19.7. The number of fused-ring (bicyclic) bond motifs is 1. The molecule has 0 saturated heterocycles. The molecule has 8 nitrogen and oxygen atoms in total. The first-order chi connectivity index (χ1) is 15.2. The molecule has 11 heteroatoms. The first-order valence-corrected chi connectivity index (χ1v) is 11.4. The third-order valence-corrected chi connectivity index (χ3v) is 6.62. The van der Waals surface area contributed by atoms with Gasteiger partial charge in [0.15, 0.2) is 6.04 Å². The number of hydrogen-bond donors (Lipinski definition) is 3. The van der Waals surface area contributed by atoms with E-state index >= 15 is 0 Å². The van der Waals surface area contributed by atoms with Gasteiger partial charge in [-0.1, -0.05) is 11.6 Å². The van der Waals surface area contributed by atoms with Crippen LogP contribution in [0, 0.1) is 3.57 Å². The zero-order valence-electron chi connectivity index (χ0n) is 16.0. The summed E-state index contributed by atoms with van der Waals surface area (Å²) in [5.41, 5.74) is -0.224. The van der Waals surface area contributed by atoms with Gasteiger partial charge >= 0.3 is 11.7 Å². The molecular formula is C21H13ClIN3O5S. The lowest BCUT2D eigenvalue weighted by Gasteiger charge is -2.13. The molecule has 3 N–H and O–H groups in total. The van der Waals surface area contributed by atoms with Gasteiger partial charge in [0.05, 0.1) is 20.9 Å². The topological polar surface area (TPSA) is 121 Å². The molecule has 2 heterocycles. The number of nitrogens with one attached hydrogen (secondary N) is 2.